The summed E-state index contributed by atoms with van der Waals surface area (Å²) in [4.78, 5) is 9.97. The van der Waals surface area contributed by atoms with Gasteiger partial charge in [-0.05, 0) is 31.9 Å². The number of nitrogens with zero attached hydrogens (tertiary/aromatic N) is 2. The molecule has 26 heavy (non-hydrogen) atoms. The van der Waals surface area contributed by atoms with Crippen molar-refractivity contribution >= 4 is 27.3 Å². The lowest BCUT2D eigenvalue weighted by molar-refractivity contribution is -0.384. The van der Waals surface area contributed by atoms with Crippen molar-refractivity contribution in [3.63, 3.8) is 0 Å². The highest BCUT2D eigenvalue weighted by Gasteiger charge is 2.43. The second-order valence-electron chi connectivity index (χ2n) is 6.14. The summed E-state index contributed by atoms with van der Waals surface area (Å²) in [6.45, 7) is 1.62. The first-order valence-electron chi connectivity index (χ1n) is 7.95. The predicted molar refractivity (Wildman–Crippen MR) is 95.0 cm³/mol. The molecule has 0 N–H and O–H groups in total. The average Bonchev–Trinajstić information content (AvgIpc) is 3.39. The number of sulfonamides is 1. The molecule has 2 aromatic rings. The minimum atomic E-state index is -4.06. The van der Waals surface area contributed by atoms with Gasteiger partial charge in [0.05, 0.1) is 16.0 Å². The van der Waals surface area contributed by atoms with Gasteiger partial charge in [-0.2, -0.15) is 4.31 Å². The predicted octanol–water partition coefficient (Wildman–Crippen LogP) is 4.30. The van der Waals surface area contributed by atoms with Crippen LogP contribution in [0.3, 0.4) is 0 Å². The van der Waals surface area contributed by atoms with Crippen molar-refractivity contribution in [2.75, 3.05) is 0 Å². The van der Waals surface area contributed by atoms with Gasteiger partial charge in [-0.15, -0.1) is 0 Å². The molecule has 0 aliphatic heterocycles. The monoisotopic (exact) mass is 398 g/mol. The summed E-state index contributed by atoms with van der Waals surface area (Å²) in [5.74, 6) is -0.490. The van der Waals surface area contributed by atoms with Crippen LogP contribution >= 0.6 is 11.6 Å². The van der Waals surface area contributed by atoms with E-state index in [0.29, 0.717) is 12.8 Å². The lowest BCUT2D eigenvalue weighted by Crippen LogP contribution is -2.36. The smallest absolute Gasteiger partial charge is 0.258 e. The standard InChI is InChI=1S/C17H16ClFN2O4S/c1-11(14-4-2-3-5-16(14)19)20(12-6-7-12)26(24,25)17-9-8-13(21(22)23)10-15(17)18/h2-5,8-12H,6-7H2,1H3/t11-/m1/s1. The first kappa shape index (κ1) is 18.8. The largest absolute Gasteiger partial charge is 0.271 e. The van der Waals surface area contributed by atoms with Gasteiger partial charge in [0.1, 0.15) is 10.7 Å². The number of benzene rings is 2. The quantitative estimate of drug-likeness (QED) is 0.536. The van der Waals surface area contributed by atoms with Gasteiger partial charge in [-0.3, -0.25) is 10.1 Å². The number of halogens is 2. The topological polar surface area (TPSA) is 80.5 Å². The number of hydrogen-bond acceptors (Lipinski definition) is 4. The maximum absolute atomic E-state index is 14.2. The van der Waals surface area contributed by atoms with E-state index < -0.39 is 26.8 Å². The molecule has 0 bridgehead atoms. The van der Waals surface area contributed by atoms with Gasteiger partial charge in [0.15, 0.2) is 0 Å². The Balaban J connectivity index is 2.05. The van der Waals surface area contributed by atoms with Crippen LogP contribution in [0, 0.1) is 15.9 Å². The van der Waals surface area contributed by atoms with Crippen molar-refractivity contribution in [1.29, 1.82) is 0 Å². The molecule has 0 amide bonds. The maximum atomic E-state index is 14.2. The molecule has 1 aliphatic carbocycles. The zero-order valence-corrected chi connectivity index (χ0v) is 15.4. The summed E-state index contributed by atoms with van der Waals surface area (Å²) in [6.07, 6.45) is 1.34. The van der Waals surface area contributed by atoms with Gasteiger partial charge in [0, 0.05) is 23.7 Å². The molecule has 0 spiro atoms. The maximum Gasteiger partial charge on any atom is 0.271 e. The Labute approximate surface area is 155 Å². The van der Waals surface area contributed by atoms with Crippen LogP contribution in [0.1, 0.15) is 31.4 Å². The van der Waals surface area contributed by atoms with E-state index >= 15 is 0 Å². The Bertz CT molecular complexity index is 963. The Morgan fingerprint density at radius 1 is 1.27 bits per heavy atom. The van der Waals surface area contributed by atoms with E-state index in [1.165, 1.54) is 16.4 Å². The van der Waals surface area contributed by atoms with Gasteiger partial charge in [-0.25, -0.2) is 12.8 Å². The highest BCUT2D eigenvalue weighted by atomic mass is 35.5. The fraction of sp³-hybridized carbons (Fsp3) is 0.294. The van der Waals surface area contributed by atoms with Crippen LogP contribution in [0.25, 0.3) is 0 Å². The lowest BCUT2D eigenvalue weighted by Gasteiger charge is -2.29. The van der Waals surface area contributed by atoms with Gasteiger partial charge < -0.3 is 0 Å². The molecule has 9 heteroatoms. The summed E-state index contributed by atoms with van der Waals surface area (Å²) in [7, 11) is -4.06. The third kappa shape index (κ3) is 3.44. The third-order valence-electron chi connectivity index (χ3n) is 4.33. The van der Waals surface area contributed by atoms with Crippen LogP contribution in [0.2, 0.25) is 5.02 Å². The molecule has 2 aromatic carbocycles. The molecule has 1 fully saturated rings. The second-order valence-corrected chi connectivity index (χ2v) is 8.35. The van der Waals surface area contributed by atoms with E-state index in [4.69, 9.17) is 11.6 Å². The Morgan fingerprint density at radius 2 is 1.92 bits per heavy atom. The summed E-state index contributed by atoms with van der Waals surface area (Å²) >= 11 is 6.02. The van der Waals surface area contributed by atoms with Crippen molar-refractivity contribution in [2.24, 2.45) is 0 Å². The Hall–Kier alpha value is -2.03. The minimum absolute atomic E-state index is 0.222. The molecule has 0 heterocycles. The van der Waals surface area contributed by atoms with Crippen LogP contribution < -0.4 is 0 Å². The van der Waals surface area contributed by atoms with Crippen LogP contribution in [-0.2, 0) is 10.0 Å². The van der Waals surface area contributed by atoms with Crippen LogP contribution in [0.15, 0.2) is 47.4 Å². The molecule has 0 saturated heterocycles. The Kier molecular flexibility index (Phi) is 5.01. The first-order chi connectivity index (χ1) is 12.2. The van der Waals surface area contributed by atoms with E-state index in [9.17, 15) is 22.9 Å². The molecule has 0 aromatic heterocycles. The van der Waals surface area contributed by atoms with Gasteiger partial charge >= 0.3 is 0 Å². The molecule has 138 valence electrons. The van der Waals surface area contributed by atoms with Crippen LogP contribution in [-0.4, -0.2) is 23.7 Å². The molecule has 6 nitrogen and oxygen atoms in total. The SMILES string of the molecule is C[C@H](c1ccccc1F)N(C1CC1)S(=O)(=O)c1ccc([N+](=O)[O-])cc1Cl. The highest BCUT2D eigenvalue weighted by Crippen LogP contribution is 2.41. The van der Waals surface area contributed by atoms with Gasteiger partial charge in [-0.1, -0.05) is 29.8 Å². The number of nitro groups is 1. The van der Waals surface area contributed by atoms with Gasteiger partial charge in [0.25, 0.3) is 5.69 Å². The lowest BCUT2D eigenvalue weighted by atomic mass is 10.1. The van der Waals surface area contributed by atoms with Crippen LogP contribution in [0.5, 0.6) is 0 Å². The van der Waals surface area contributed by atoms with E-state index in [-0.39, 0.29) is 27.2 Å². The highest BCUT2D eigenvalue weighted by molar-refractivity contribution is 7.89. The Morgan fingerprint density at radius 3 is 2.46 bits per heavy atom. The fourth-order valence-corrected chi connectivity index (χ4v) is 5.30. The van der Waals surface area contributed by atoms with E-state index in [0.717, 1.165) is 18.2 Å². The second kappa shape index (κ2) is 6.94. The minimum Gasteiger partial charge on any atom is -0.258 e. The molecule has 1 aliphatic rings. The van der Waals surface area contributed by atoms with Gasteiger partial charge in [0.2, 0.25) is 10.0 Å². The van der Waals surface area contributed by atoms with Crippen molar-refractivity contribution < 1.29 is 17.7 Å². The van der Waals surface area contributed by atoms with Crippen molar-refractivity contribution in [2.45, 2.75) is 36.7 Å². The third-order valence-corrected chi connectivity index (χ3v) is 6.83. The van der Waals surface area contributed by atoms with E-state index in [1.54, 1.807) is 19.1 Å². The number of nitro benzene ring substituents is 1. The number of rotatable bonds is 6. The van der Waals surface area contributed by atoms with Crippen molar-refractivity contribution in [3.05, 3.63) is 69.0 Å². The molecule has 0 unspecified atom stereocenters. The molecule has 0 radical (unpaired) electrons. The summed E-state index contributed by atoms with van der Waals surface area (Å²) < 4.78 is 41.8. The normalized spacial score (nSPS) is 15.8. The summed E-state index contributed by atoms with van der Waals surface area (Å²) in [5, 5.41) is 10.6. The first-order valence-corrected chi connectivity index (χ1v) is 9.77. The molecular formula is C17H16ClFN2O4S. The number of non-ortho nitro benzene ring substituents is 1. The summed E-state index contributed by atoms with van der Waals surface area (Å²) in [5.41, 5.74) is -0.0323. The van der Waals surface area contributed by atoms with E-state index in [2.05, 4.69) is 0 Å². The van der Waals surface area contributed by atoms with Crippen LogP contribution in [0.4, 0.5) is 10.1 Å². The molecule has 1 saturated carbocycles. The number of hydrogen-bond donors (Lipinski definition) is 0. The molecule has 1 atom stereocenters. The fourth-order valence-electron chi connectivity index (χ4n) is 2.93. The molecular weight excluding hydrogens is 383 g/mol. The summed E-state index contributed by atoms with van der Waals surface area (Å²) in [6, 6.07) is 8.25. The average molecular weight is 399 g/mol. The zero-order valence-electron chi connectivity index (χ0n) is 13.8. The zero-order chi connectivity index (χ0) is 19.1. The van der Waals surface area contributed by atoms with Crippen molar-refractivity contribution in [3.8, 4) is 0 Å². The van der Waals surface area contributed by atoms with E-state index in [1.807, 2.05) is 0 Å². The molecule has 3 rings (SSSR count). The van der Waals surface area contributed by atoms with Crippen molar-refractivity contribution in [1.82, 2.24) is 4.31 Å².